The first kappa shape index (κ1) is 23.2. The Morgan fingerprint density at radius 3 is 2.59 bits per heavy atom. The number of hydrogen-bond acceptors (Lipinski definition) is 7. The Hall–Kier alpha value is -3.95. The summed E-state index contributed by atoms with van der Waals surface area (Å²) in [6.45, 7) is 5.61. The molecule has 3 heterocycles. The quantitative estimate of drug-likeness (QED) is 0.492. The van der Waals surface area contributed by atoms with E-state index in [-0.39, 0.29) is 23.5 Å². The first-order chi connectivity index (χ1) is 16.3. The summed E-state index contributed by atoms with van der Waals surface area (Å²) in [6, 6.07) is 7.71. The van der Waals surface area contributed by atoms with Crippen LogP contribution in [0.1, 0.15) is 59.0 Å². The van der Waals surface area contributed by atoms with Gasteiger partial charge in [0.05, 0.1) is 18.1 Å². The predicted molar refractivity (Wildman–Crippen MR) is 130 cm³/mol. The lowest BCUT2D eigenvalue weighted by molar-refractivity contribution is 0.0932. The summed E-state index contributed by atoms with van der Waals surface area (Å²) in [5.41, 5.74) is 8.07. The highest BCUT2D eigenvalue weighted by Gasteiger charge is 2.24. The number of carbonyl (C=O) groups is 2. The molecule has 0 saturated carbocycles. The van der Waals surface area contributed by atoms with E-state index in [0.29, 0.717) is 29.5 Å². The van der Waals surface area contributed by atoms with Gasteiger partial charge in [-0.3, -0.25) is 14.3 Å². The molecule has 1 aromatic carbocycles. The van der Waals surface area contributed by atoms with Gasteiger partial charge in [0.15, 0.2) is 11.5 Å². The van der Waals surface area contributed by atoms with Gasteiger partial charge in [0.25, 0.3) is 11.8 Å². The summed E-state index contributed by atoms with van der Waals surface area (Å²) < 4.78 is 1.64. The Morgan fingerprint density at radius 2 is 1.94 bits per heavy atom. The van der Waals surface area contributed by atoms with E-state index in [2.05, 4.69) is 44.4 Å². The molecule has 1 fully saturated rings. The molecule has 0 radical (unpaired) electrons. The zero-order chi connectivity index (χ0) is 24.2. The maximum absolute atomic E-state index is 12.8. The number of aromatic nitrogens is 4. The van der Waals surface area contributed by atoms with Crippen molar-refractivity contribution in [3.8, 4) is 0 Å². The molecule has 0 bridgehead atoms. The van der Waals surface area contributed by atoms with Crippen LogP contribution in [-0.2, 0) is 7.05 Å². The number of nitrogens with zero attached hydrogens (tertiary/aromatic N) is 5. The minimum atomic E-state index is -0.669. The van der Waals surface area contributed by atoms with Crippen molar-refractivity contribution in [1.82, 2.24) is 25.1 Å². The number of primary amides is 1. The molecule has 34 heavy (non-hydrogen) atoms. The third-order valence-electron chi connectivity index (χ3n) is 5.88. The molecule has 0 aliphatic carbocycles. The second-order valence-corrected chi connectivity index (χ2v) is 8.85. The highest BCUT2D eigenvalue weighted by molar-refractivity contribution is 5.96. The van der Waals surface area contributed by atoms with Gasteiger partial charge in [-0.15, -0.1) is 0 Å². The Balaban J connectivity index is 1.47. The van der Waals surface area contributed by atoms with Crippen molar-refractivity contribution in [1.29, 1.82) is 0 Å². The zero-order valence-electron chi connectivity index (χ0n) is 19.7. The maximum Gasteiger partial charge on any atom is 0.271 e. The van der Waals surface area contributed by atoms with Gasteiger partial charge in [-0.2, -0.15) is 5.10 Å². The van der Waals surface area contributed by atoms with Crippen LogP contribution < -0.4 is 21.3 Å². The second kappa shape index (κ2) is 9.90. The van der Waals surface area contributed by atoms with E-state index in [0.717, 1.165) is 19.4 Å². The van der Waals surface area contributed by atoms with Gasteiger partial charge < -0.3 is 21.3 Å². The van der Waals surface area contributed by atoms with Crippen molar-refractivity contribution in [2.45, 2.75) is 38.6 Å². The van der Waals surface area contributed by atoms with Crippen molar-refractivity contribution < 1.29 is 9.59 Å². The largest absolute Gasteiger partial charge is 0.364 e. The second-order valence-electron chi connectivity index (χ2n) is 8.85. The van der Waals surface area contributed by atoms with Gasteiger partial charge in [0.2, 0.25) is 0 Å². The average molecular weight is 463 g/mol. The minimum absolute atomic E-state index is 0.0293. The van der Waals surface area contributed by atoms with E-state index in [1.165, 1.54) is 5.56 Å². The summed E-state index contributed by atoms with van der Waals surface area (Å²) in [4.78, 5) is 35.6. The van der Waals surface area contributed by atoms with E-state index in [1.54, 1.807) is 30.3 Å². The maximum atomic E-state index is 12.8. The molecule has 2 aromatic heterocycles. The third-order valence-corrected chi connectivity index (χ3v) is 5.88. The number of hydrogen-bond donors (Lipinski definition) is 3. The number of nitrogens with two attached hydrogens (primary N) is 1. The monoisotopic (exact) mass is 462 g/mol. The Morgan fingerprint density at radius 1 is 1.18 bits per heavy atom. The predicted octanol–water partition coefficient (Wildman–Crippen LogP) is 2.57. The molecule has 1 saturated heterocycles. The first-order valence-electron chi connectivity index (χ1n) is 11.4. The van der Waals surface area contributed by atoms with Gasteiger partial charge in [-0.25, -0.2) is 9.97 Å². The van der Waals surface area contributed by atoms with Crippen molar-refractivity contribution in [3.05, 3.63) is 59.7 Å². The molecule has 3 aromatic rings. The number of nitrogens with one attached hydrogen (secondary N) is 2. The summed E-state index contributed by atoms with van der Waals surface area (Å²) >= 11 is 0. The van der Waals surface area contributed by atoms with E-state index in [1.807, 2.05) is 24.3 Å². The third kappa shape index (κ3) is 5.33. The number of piperidine rings is 1. The van der Waals surface area contributed by atoms with Crippen LogP contribution in [0.25, 0.3) is 0 Å². The molecule has 0 spiro atoms. The van der Waals surface area contributed by atoms with Crippen LogP contribution >= 0.6 is 0 Å². The molecule has 10 heteroatoms. The van der Waals surface area contributed by atoms with Crippen LogP contribution in [0.15, 0.2) is 42.9 Å². The highest BCUT2D eigenvalue weighted by atomic mass is 16.2. The Labute approximate surface area is 198 Å². The fourth-order valence-corrected chi connectivity index (χ4v) is 4.01. The van der Waals surface area contributed by atoms with Crippen LogP contribution in [0.3, 0.4) is 0 Å². The molecular formula is C24H30N8O2. The van der Waals surface area contributed by atoms with Crippen LogP contribution in [-0.4, -0.2) is 50.7 Å². The van der Waals surface area contributed by atoms with E-state index in [4.69, 9.17) is 5.73 Å². The molecule has 4 rings (SSSR count). The van der Waals surface area contributed by atoms with Gasteiger partial charge in [-0.1, -0.05) is 26.0 Å². The SMILES string of the molecule is CC(C)c1ccc(C(=O)N[C@@H]2CCCN(c3cnc(C(N)=O)c(Nc4cnn(C)c4)n3)C2)cc1. The fraction of sp³-hybridized carbons (Fsp3) is 0.375. The van der Waals surface area contributed by atoms with Crippen LogP contribution in [0, 0.1) is 0 Å². The van der Waals surface area contributed by atoms with Gasteiger partial charge in [0.1, 0.15) is 5.82 Å². The molecule has 1 aliphatic heterocycles. The molecule has 4 N–H and O–H groups in total. The smallest absolute Gasteiger partial charge is 0.271 e. The average Bonchev–Trinajstić information content (AvgIpc) is 3.23. The first-order valence-corrected chi connectivity index (χ1v) is 11.4. The number of amides is 2. The standard InChI is InChI=1S/C24H30N8O2/c1-15(2)16-6-8-17(9-7-16)24(34)29-18-5-4-10-32(14-18)20-12-26-21(22(25)33)23(30-20)28-19-11-27-31(3)13-19/h6-9,11-13,15,18H,4-5,10,14H2,1-3H3,(H2,25,33)(H,28,30)(H,29,34)/t18-/m1/s1. The number of carbonyl (C=O) groups excluding carboxylic acids is 2. The van der Waals surface area contributed by atoms with Crippen molar-refractivity contribution >= 4 is 29.1 Å². The fourth-order valence-electron chi connectivity index (χ4n) is 4.01. The van der Waals surface area contributed by atoms with E-state index < -0.39 is 5.91 Å². The van der Waals surface area contributed by atoms with E-state index in [9.17, 15) is 9.59 Å². The Kier molecular flexibility index (Phi) is 6.76. The lowest BCUT2D eigenvalue weighted by Gasteiger charge is -2.34. The van der Waals surface area contributed by atoms with E-state index >= 15 is 0 Å². The summed E-state index contributed by atoms with van der Waals surface area (Å²) in [7, 11) is 1.79. The van der Waals surface area contributed by atoms with Gasteiger partial charge in [-0.05, 0) is 36.5 Å². The van der Waals surface area contributed by atoms with Crippen molar-refractivity contribution in [2.24, 2.45) is 12.8 Å². The number of aryl methyl sites for hydroxylation is 1. The van der Waals surface area contributed by atoms with Gasteiger partial charge >= 0.3 is 0 Å². The molecule has 2 amide bonds. The molecule has 178 valence electrons. The lowest BCUT2D eigenvalue weighted by atomic mass is 10.0. The number of anilines is 3. The molecule has 1 atom stereocenters. The molecular weight excluding hydrogens is 432 g/mol. The topological polar surface area (TPSA) is 131 Å². The Bertz CT molecular complexity index is 1170. The molecule has 1 aliphatic rings. The zero-order valence-corrected chi connectivity index (χ0v) is 19.7. The van der Waals surface area contributed by atoms with Gasteiger partial charge in [0, 0.05) is 37.9 Å². The van der Waals surface area contributed by atoms with Crippen molar-refractivity contribution in [2.75, 3.05) is 23.3 Å². The highest BCUT2D eigenvalue weighted by Crippen LogP contribution is 2.23. The summed E-state index contributed by atoms with van der Waals surface area (Å²) in [6.07, 6.45) is 6.70. The minimum Gasteiger partial charge on any atom is -0.364 e. The normalized spacial score (nSPS) is 15.9. The van der Waals surface area contributed by atoms with Crippen LogP contribution in [0.2, 0.25) is 0 Å². The molecule has 0 unspecified atom stereocenters. The van der Waals surface area contributed by atoms with Crippen molar-refractivity contribution in [3.63, 3.8) is 0 Å². The van der Waals surface area contributed by atoms with Crippen LogP contribution in [0.5, 0.6) is 0 Å². The summed E-state index contributed by atoms with van der Waals surface area (Å²) in [5, 5.41) is 10.3. The lowest BCUT2D eigenvalue weighted by Crippen LogP contribution is -2.48. The summed E-state index contributed by atoms with van der Waals surface area (Å²) in [5.74, 6) is 0.545. The number of benzene rings is 1. The molecule has 10 nitrogen and oxygen atoms in total. The number of rotatable bonds is 7. The van der Waals surface area contributed by atoms with Crippen LogP contribution in [0.4, 0.5) is 17.3 Å².